The fraction of sp³-hybridized carbons (Fsp3) is 0.160. The van der Waals surface area contributed by atoms with E-state index in [0.29, 0.717) is 0 Å². The summed E-state index contributed by atoms with van der Waals surface area (Å²) in [6, 6.07) is 28.8. The molecule has 1 fully saturated rings. The maximum absolute atomic E-state index is 13.0. The van der Waals surface area contributed by atoms with Crippen molar-refractivity contribution in [3.63, 3.8) is 0 Å². The highest BCUT2D eigenvalue weighted by Crippen LogP contribution is 2.38. The molecule has 0 unspecified atom stereocenters. The SMILES string of the molecule is Cc1ccc(N2C(=O)[C@H](SCc3ccccc3)[C@H]2/C=C/c2ccccc2)cc1. The summed E-state index contributed by atoms with van der Waals surface area (Å²) in [5.74, 6) is 1.03. The number of nitrogens with zero attached hydrogens (tertiary/aromatic N) is 1. The quantitative estimate of drug-likeness (QED) is 0.505. The summed E-state index contributed by atoms with van der Waals surface area (Å²) in [6.45, 7) is 2.06. The second-order valence-corrected chi connectivity index (χ2v) is 8.15. The van der Waals surface area contributed by atoms with Crippen LogP contribution in [0.25, 0.3) is 6.08 Å². The molecule has 3 aromatic rings. The summed E-state index contributed by atoms with van der Waals surface area (Å²) in [7, 11) is 0. The number of aryl methyl sites for hydroxylation is 1. The van der Waals surface area contributed by atoms with Crippen molar-refractivity contribution in [2.24, 2.45) is 0 Å². The molecule has 1 amide bonds. The van der Waals surface area contributed by atoms with Crippen LogP contribution in [-0.2, 0) is 10.5 Å². The molecule has 1 heterocycles. The molecule has 0 radical (unpaired) electrons. The summed E-state index contributed by atoms with van der Waals surface area (Å²) in [4.78, 5) is 14.9. The number of β-lactam (4-membered cyclic amide) rings is 1. The van der Waals surface area contributed by atoms with Gasteiger partial charge in [0.05, 0.1) is 6.04 Å². The van der Waals surface area contributed by atoms with Gasteiger partial charge in [-0.15, -0.1) is 11.8 Å². The van der Waals surface area contributed by atoms with Gasteiger partial charge in [0.15, 0.2) is 0 Å². The van der Waals surface area contributed by atoms with Crippen LogP contribution in [0.1, 0.15) is 16.7 Å². The maximum Gasteiger partial charge on any atom is 0.243 e. The highest BCUT2D eigenvalue weighted by molar-refractivity contribution is 8.00. The van der Waals surface area contributed by atoms with Gasteiger partial charge in [0.1, 0.15) is 5.25 Å². The zero-order valence-corrected chi connectivity index (χ0v) is 16.7. The minimum atomic E-state index is -0.0542. The number of rotatable bonds is 6. The van der Waals surface area contributed by atoms with Gasteiger partial charge in [-0.3, -0.25) is 4.79 Å². The first-order chi connectivity index (χ1) is 13.7. The Balaban J connectivity index is 1.55. The van der Waals surface area contributed by atoms with E-state index in [1.165, 1.54) is 11.1 Å². The van der Waals surface area contributed by atoms with E-state index >= 15 is 0 Å². The van der Waals surface area contributed by atoms with Gasteiger partial charge >= 0.3 is 0 Å². The van der Waals surface area contributed by atoms with Gasteiger partial charge in [0, 0.05) is 11.4 Å². The number of hydrogen-bond donors (Lipinski definition) is 0. The Kier molecular flexibility index (Phi) is 5.63. The van der Waals surface area contributed by atoms with Gasteiger partial charge in [-0.25, -0.2) is 0 Å². The fourth-order valence-electron chi connectivity index (χ4n) is 3.38. The van der Waals surface area contributed by atoms with Gasteiger partial charge in [-0.1, -0.05) is 90.5 Å². The van der Waals surface area contributed by atoms with E-state index in [0.717, 1.165) is 17.0 Å². The van der Waals surface area contributed by atoms with Crippen molar-refractivity contribution in [1.29, 1.82) is 0 Å². The summed E-state index contributed by atoms with van der Waals surface area (Å²) in [5.41, 5.74) is 4.57. The van der Waals surface area contributed by atoms with Crippen LogP contribution in [-0.4, -0.2) is 17.2 Å². The number of hydrogen-bond acceptors (Lipinski definition) is 2. The third-order valence-electron chi connectivity index (χ3n) is 4.96. The van der Waals surface area contributed by atoms with E-state index in [2.05, 4.69) is 55.5 Å². The van der Waals surface area contributed by atoms with E-state index < -0.39 is 0 Å². The lowest BCUT2D eigenvalue weighted by Gasteiger charge is -2.45. The summed E-state index contributed by atoms with van der Waals surface area (Å²) in [5, 5.41) is -0.0542. The predicted molar refractivity (Wildman–Crippen MR) is 119 cm³/mol. The lowest BCUT2D eigenvalue weighted by atomic mass is 9.98. The van der Waals surface area contributed by atoms with Gasteiger partial charge in [-0.05, 0) is 30.2 Å². The molecular weight excluding hydrogens is 362 g/mol. The standard InChI is InChI=1S/C25H23NOS/c1-19-12-15-22(16-13-19)26-23(17-14-20-8-4-2-5-9-20)24(25(26)27)28-18-21-10-6-3-7-11-21/h2-17,23-24H,18H2,1H3/b17-14+/t23-,24-/m1/s1. The zero-order valence-electron chi connectivity index (χ0n) is 15.9. The second kappa shape index (κ2) is 8.49. The largest absolute Gasteiger partial charge is 0.303 e. The molecule has 0 aliphatic carbocycles. The number of carbonyl (C=O) groups is 1. The van der Waals surface area contributed by atoms with Crippen molar-refractivity contribution >= 4 is 29.4 Å². The molecule has 3 aromatic carbocycles. The van der Waals surface area contributed by atoms with E-state index in [1.807, 2.05) is 53.4 Å². The smallest absolute Gasteiger partial charge is 0.243 e. The molecule has 28 heavy (non-hydrogen) atoms. The van der Waals surface area contributed by atoms with Crippen molar-refractivity contribution in [3.05, 3.63) is 108 Å². The van der Waals surface area contributed by atoms with Crippen LogP contribution in [0.15, 0.2) is 91.0 Å². The molecule has 2 atom stereocenters. The van der Waals surface area contributed by atoms with E-state index in [9.17, 15) is 4.79 Å². The fourth-order valence-corrected chi connectivity index (χ4v) is 4.61. The number of anilines is 1. The zero-order chi connectivity index (χ0) is 19.3. The first kappa shape index (κ1) is 18.6. The van der Waals surface area contributed by atoms with Crippen LogP contribution >= 0.6 is 11.8 Å². The minimum absolute atomic E-state index is 0.0542. The second-order valence-electron chi connectivity index (χ2n) is 7.02. The van der Waals surface area contributed by atoms with Gasteiger partial charge in [-0.2, -0.15) is 0 Å². The highest BCUT2D eigenvalue weighted by atomic mass is 32.2. The Morgan fingerprint density at radius 1 is 0.893 bits per heavy atom. The molecule has 0 bridgehead atoms. The van der Waals surface area contributed by atoms with Gasteiger partial charge in [0.2, 0.25) is 5.91 Å². The number of carbonyl (C=O) groups excluding carboxylic acids is 1. The van der Waals surface area contributed by atoms with E-state index in [4.69, 9.17) is 0 Å². The topological polar surface area (TPSA) is 20.3 Å². The summed E-state index contributed by atoms with van der Waals surface area (Å²) in [6.07, 6.45) is 4.29. The molecule has 0 N–H and O–H groups in total. The lowest BCUT2D eigenvalue weighted by molar-refractivity contribution is -0.122. The summed E-state index contributed by atoms with van der Waals surface area (Å²) < 4.78 is 0. The van der Waals surface area contributed by atoms with E-state index in [-0.39, 0.29) is 17.2 Å². The monoisotopic (exact) mass is 385 g/mol. The molecule has 1 aliphatic heterocycles. The molecular formula is C25H23NOS. The molecule has 3 heteroatoms. The Hall–Kier alpha value is -2.78. The van der Waals surface area contributed by atoms with Crippen molar-refractivity contribution in [2.45, 2.75) is 24.0 Å². The van der Waals surface area contributed by atoms with Gasteiger partial charge in [0.25, 0.3) is 0 Å². The van der Waals surface area contributed by atoms with Crippen LogP contribution in [0.5, 0.6) is 0 Å². The molecule has 1 saturated heterocycles. The highest BCUT2D eigenvalue weighted by Gasteiger charge is 2.46. The Morgan fingerprint density at radius 2 is 1.54 bits per heavy atom. The Bertz CT molecular complexity index is 951. The van der Waals surface area contributed by atoms with Crippen LogP contribution in [0.3, 0.4) is 0 Å². The molecule has 0 spiro atoms. The molecule has 0 saturated carbocycles. The number of amides is 1. The van der Waals surface area contributed by atoms with Crippen molar-refractivity contribution < 1.29 is 4.79 Å². The first-order valence-electron chi connectivity index (χ1n) is 9.51. The minimum Gasteiger partial charge on any atom is -0.303 e. The molecule has 4 rings (SSSR count). The molecule has 0 aromatic heterocycles. The first-order valence-corrected chi connectivity index (χ1v) is 10.6. The average molecular weight is 386 g/mol. The van der Waals surface area contributed by atoms with Crippen LogP contribution in [0.4, 0.5) is 5.69 Å². The van der Waals surface area contributed by atoms with Crippen molar-refractivity contribution in [2.75, 3.05) is 4.90 Å². The maximum atomic E-state index is 13.0. The average Bonchev–Trinajstić information content (AvgIpc) is 2.74. The van der Waals surface area contributed by atoms with E-state index in [1.54, 1.807) is 11.8 Å². The number of benzene rings is 3. The number of thioether (sulfide) groups is 1. The lowest BCUT2D eigenvalue weighted by Crippen LogP contribution is -2.62. The third kappa shape index (κ3) is 4.05. The van der Waals surface area contributed by atoms with Crippen LogP contribution in [0.2, 0.25) is 0 Å². The van der Waals surface area contributed by atoms with Crippen molar-refractivity contribution in [3.8, 4) is 0 Å². The Morgan fingerprint density at radius 3 is 2.21 bits per heavy atom. The van der Waals surface area contributed by atoms with Crippen LogP contribution < -0.4 is 4.90 Å². The molecule has 140 valence electrons. The summed E-state index contributed by atoms with van der Waals surface area (Å²) >= 11 is 1.73. The Labute approximate surface area is 170 Å². The van der Waals surface area contributed by atoms with Gasteiger partial charge < -0.3 is 4.90 Å². The molecule has 1 aliphatic rings. The third-order valence-corrected chi connectivity index (χ3v) is 6.30. The van der Waals surface area contributed by atoms with Crippen molar-refractivity contribution in [1.82, 2.24) is 0 Å². The normalized spacial score (nSPS) is 19.0. The molecule has 2 nitrogen and oxygen atoms in total. The van der Waals surface area contributed by atoms with Crippen LogP contribution in [0, 0.1) is 6.92 Å². The predicted octanol–water partition coefficient (Wildman–Crippen LogP) is 5.73.